The van der Waals surface area contributed by atoms with Gasteiger partial charge in [0.15, 0.2) is 0 Å². The summed E-state index contributed by atoms with van der Waals surface area (Å²) in [4.78, 5) is 11.2. The first-order valence-corrected chi connectivity index (χ1v) is 6.66. The van der Waals surface area contributed by atoms with Gasteiger partial charge in [0.25, 0.3) is 0 Å². The van der Waals surface area contributed by atoms with Crippen molar-refractivity contribution in [1.29, 1.82) is 0 Å². The Kier molecular flexibility index (Phi) is 3.43. The number of aromatic nitrogens is 2. The minimum Gasteiger partial charge on any atom is -0.460 e. The van der Waals surface area contributed by atoms with Crippen LogP contribution in [-0.4, -0.2) is 40.7 Å². The topological polar surface area (TPSA) is 47.5 Å². The molecule has 0 N–H and O–H groups in total. The van der Waals surface area contributed by atoms with E-state index >= 15 is 0 Å². The lowest BCUT2D eigenvalue weighted by Crippen LogP contribution is -2.26. The molecule has 3 heterocycles. The van der Waals surface area contributed by atoms with Crippen LogP contribution in [0.1, 0.15) is 31.0 Å². The zero-order chi connectivity index (χ0) is 12.4. The number of hydrogen-bond acceptors (Lipinski definition) is 5. The molecule has 5 nitrogen and oxygen atoms in total. The van der Waals surface area contributed by atoms with E-state index in [0.29, 0.717) is 6.01 Å². The van der Waals surface area contributed by atoms with Crippen molar-refractivity contribution < 1.29 is 9.47 Å². The molecule has 0 bridgehead atoms. The summed E-state index contributed by atoms with van der Waals surface area (Å²) in [5.74, 6) is 0. The monoisotopic (exact) mass is 249 g/mol. The smallest absolute Gasteiger partial charge is 0.316 e. The Morgan fingerprint density at radius 1 is 1.39 bits per heavy atom. The zero-order valence-corrected chi connectivity index (χ0v) is 10.8. The molecule has 98 valence electrons. The summed E-state index contributed by atoms with van der Waals surface area (Å²) < 4.78 is 11.1. The average Bonchev–Trinajstić information content (AvgIpc) is 2.82. The van der Waals surface area contributed by atoms with Crippen molar-refractivity contribution in [3.63, 3.8) is 0 Å². The maximum absolute atomic E-state index is 5.83. The SMILES string of the molecule is CCN1Cc2cnc(OC3CCOCC3)nc2C1. The van der Waals surface area contributed by atoms with Gasteiger partial charge in [-0.15, -0.1) is 0 Å². The Morgan fingerprint density at radius 3 is 3.00 bits per heavy atom. The molecule has 1 fully saturated rings. The first-order chi connectivity index (χ1) is 8.85. The summed E-state index contributed by atoms with van der Waals surface area (Å²) in [7, 11) is 0. The van der Waals surface area contributed by atoms with Crippen LogP contribution in [0.2, 0.25) is 0 Å². The van der Waals surface area contributed by atoms with Gasteiger partial charge in [0, 0.05) is 37.7 Å². The average molecular weight is 249 g/mol. The van der Waals surface area contributed by atoms with Crippen LogP contribution in [0.15, 0.2) is 6.20 Å². The van der Waals surface area contributed by atoms with E-state index in [4.69, 9.17) is 9.47 Å². The highest BCUT2D eigenvalue weighted by molar-refractivity contribution is 5.23. The van der Waals surface area contributed by atoms with Crippen molar-refractivity contribution in [2.45, 2.75) is 39.0 Å². The number of rotatable bonds is 3. The Bertz CT molecular complexity index is 419. The molecule has 2 aliphatic rings. The molecule has 1 aromatic rings. The molecule has 0 aromatic carbocycles. The van der Waals surface area contributed by atoms with E-state index in [1.165, 1.54) is 5.56 Å². The molecule has 0 unspecified atom stereocenters. The summed E-state index contributed by atoms with van der Waals surface area (Å²) in [6, 6.07) is 0.526. The van der Waals surface area contributed by atoms with E-state index < -0.39 is 0 Å². The lowest BCUT2D eigenvalue weighted by atomic mass is 10.2. The maximum Gasteiger partial charge on any atom is 0.316 e. The van der Waals surface area contributed by atoms with Gasteiger partial charge in [-0.1, -0.05) is 6.92 Å². The lowest BCUT2D eigenvalue weighted by molar-refractivity contribution is 0.0216. The van der Waals surface area contributed by atoms with Gasteiger partial charge in [-0.3, -0.25) is 4.90 Å². The molecule has 3 rings (SSSR count). The van der Waals surface area contributed by atoms with Gasteiger partial charge in [0.05, 0.1) is 18.9 Å². The quantitative estimate of drug-likeness (QED) is 0.809. The van der Waals surface area contributed by atoms with Crippen molar-refractivity contribution >= 4 is 0 Å². The van der Waals surface area contributed by atoms with Crippen molar-refractivity contribution in [3.05, 3.63) is 17.5 Å². The van der Waals surface area contributed by atoms with E-state index in [0.717, 1.165) is 51.4 Å². The number of fused-ring (bicyclic) bond motifs is 1. The molecule has 1 aromatic heterocycles. The van der Waals surface area contributed by atoms with Crippen molar-refractivity contribution in [2.75, 3.05) is 19.8 Å². The van der Waals surface area contributed by atoms with Gasteiger partial charge in [0.2, 0.25) is 0 Å². The van der Waals surface area contributed by atoms with Crippen molar-refractivity contribution in [3.8, 4) is 6.01 Å². The molecule has 5 heteroatoms. The summed E-state index contributed by atoms with van der Waals surface area (Å²) in [5.41, 5.74) is 2.35. The first-order valence-electron chi connectivity index (χ1n) is 6.66. The summed E-state index contributed by atoms with van der Waals surface area (Å²) in [5, 5.41) is 0. The highest BCUT2D eigenvalue weighted by atomic mass is 16.5. The van der Waals surface area contributed by atoms with E-state index in [1.807, 2.05) is 6.20 Å². The standard InChI is InChI=1S/C13H19N3O2/c1-2-16-8-10-7-14-13(15-12(10)9-16)18-11-3-5-17-6-4-11/h7,11H,2-6,8-9H2,1H3. The third-order valence-corrected chi connectivity index (χ3v) is 3.59. The fraction of sp³-hybridized carbons (Fsp3) is 0.692. The Morgan fingerprint density at radius 2 is 2.22 bits per heavy atom. The molecule has 18 heavy (non-hydrogen) atoms. The zero-order valence-electron chi connectivity index (χ0n) is 10.8. The summed E-state index contributed by atoms with van der Waals surface area (Å²) in [6.07, 6.45) is 3.98. The van der Waals surface area contributed by atoms with E-state index in [9.17, 15) is 0 Å². The van der Waals surface area contributed by atoms with E-state index in [2.05, 4.69) is 21.8 Å². The van der Waals surface area contributed by atoms with E-state index in [1.54, 1.807) is 0 Å². The Labute approximate surface area is 107 Å². The van der Waals surface area contributed by atoms with Crippen LogP contribution >= 0.6 is 0 Å². The van der Waals surface area contributed by atoms with Crippen LogP contribution in [0.25, 0.3) is 0 Å². The summed E-state index contributed by atoms with van der Waals surface area (Å²) in [6.45, 7) is 6.64. The van der Waals surface area contributed by atoms with Crippen LogP contribution in [0.5, 0.6) is 6.01 Å². The van der Waals surface area contributed by atoms with Crippen LogP contribution in [0, 0.1) is 0 Å². The predicted molar refractivity (Wildman–Crippen MR) is 66.3 cm³/mol. The predicted octanol–water partition coefficient (Wildman–Crippen LogP) is 1.37. The first kappa shape index (κ1) is 11.9. The van der Waals surface area contributed by atoms with Gasteiger partial charge in [-0.25, -0.2) is 4.98 Å². The second kappa shape index (κ2) is 5.20. The van der Waals surface area contributed by atoms with Crippen LogP contribution in [0.3, 0.4) is 0 Å². The summed E-state index contributed by atoms with van der Waals surface area (Å²) >= 11 is 0. The normalized spacial score (nSPS) is 20.9. The van der Waals surface area contributed by atoms with Crippen LogP contribution < -0.4 is 4.74 Å². The Balaban J connectivity index is 1.67. The third-order valence-electron chi connectivity index (χ3n) is 3.59. The molecular weight excluding hydrogens is 230 g/mol. The molecule has 1 saturated heterocycles. The van der Waals surface area contributed by atoms with Crippen LogP contribution in [0.4, 0.5) is 0 Å². The van der Waals surface area contributed by atoms with Crippen LogP contribution in [-0.2, 0) is 17.8 Å². The molecule has 2 aliphatic heterocycles. The van der Waals surface area contributed by atoms with Gasteiger partial charge < -0.3 is 9.47 Å². The van der Waals surface area contributed by atoms with Crippen molar-refractivity contribution in [1.82, 2.24) is 14.9 Å². The van der Waals surface area contributed by atoms with Gasteiger partial charge in [0.1, 0.15) is 6.10 Å². The molecule has 0 atom stereocenters. The van der Waals surface area contributed by atoms with Gasteiger partial charge >= 0.3 is 6.01 Å². The minimum absolute atomic E-state index is 0.209. The molecule has 0 spiro atoms. The van der Waals surface area contributed by atoms with E-state index in [-0.39, 0.29) is 6.10 Å². The highest BCUT2D eigenvalue weighted by Crippen LogP contribution is 2.22. The Hall–Kier alpha value is -1.20. The molecular formula is C13H19N3O2. The lowest BCUT2D eigenvalue weighted by Gasteiger charge is -2.22. The highest BCUT2D eigenvalue weighted by Gasteiger charge is 2.22. The van der Waals surface area contributed by atoms with Gasteiger partial charge in [-0.05, 0) is 6.54 Å². The largest absolute Gasteiger partial charge is 0.460 e. The molecule has 0 saturated carbocycles. The fourth-order valence-corrected chi connectivity index (χ4v) is 2.42. The molecule has 0 radical (unpaired) electrons. The fourth-order valence-electron chi connectivity index (χ4n) is 2.42. The number of nitrogens with zero attached hydrogens (tertiary/aromatic N) is 3. The second-order valence-corrected chi connectivity index (χ2v) is 4.86. The minimum atomic E-state index is 0.209. The number of ether oxygens (including phenoxy) is 2. The second-order valence-electron chi connectivity index (χ2n) is 4.86. The van der Waals surface area contributed by atoms with Gasteiger partial charge in [-0.2, -0.15) is 4.98 Å². The molecule has 0 amide bonds. The van der Waals surface area contributed by atoms with Crippen molar-refractivity contribution in [2.24, 2.45) is 0 Å². The maximum atomic E-state index is 5.83. The third kappa shape index (κ3) is 2.47. The molecule has 0 aliphatic carbocycles. The number of hydrogen-bond donors (Lipinski definition) is 0.